The molecule has 1 aromatic carbocycles. The maximum absolute atomic E-state index is 9.29. The van der Waals surface area contributed by atoms with Crippen LogP contribution in [0.4, 0.5) is 0 Å². The van der Waals surface area contributed by atoms with Gasteiger partial charge in [-0.05, 0) is 41.8 Å². The smallest absolute Gasteiger partial charge is 0.115 e. The molecule has 2 N–H and O–H groups in total. The van der Waals surface area contributed by atoms with Crippen molar-refractivity contribution in [3.05, 3.63) is 59.9 Å². The molecule has 76 valence electrons. The normalized spacial score (nSPS) is 15.5. The average Bonchev–Trinajstić information content (AvgIpc) is 2.44. The summed E-state index contributed by atoms with van der Waals surface area (Å²) in [7, 11) is 0. The number of aromatic hydroxyl groups is 1. The highest BCUT2D eigenvalue weighted by atomic mass is 16.3. The molecule has 0 aliphatic heterocycles. The van der Waals surface area contributed by atoms with Gasteiger partial charge in [-0.15, -0.1) is 0 Å². The van der Waals surface area contributed by atoms with E-state index in [4.69, 9.17) is 5.11 Å². The second kappa shape index (κ2) is 4.05. The minimum absolute atomic E-state index is 0.266. The van der Waals surface area contributed by atoms with Gasteiger partial charge < -0.3 is 10.2 Å². The average molecular weight is 200 g/mol. The van der Waals surface area contributed by atoms with Crippen molar-refractivity contribution in [1.82, 2.24) is 0 Å². The molecule has 0 saturated heterocycles. The predicted molar refractivity (Wildman–Crippen MR) is 60.6 cm³/mol. The summed E-state index contributed by atoms with van der Waals surface area (Å²) in [4.78, 5) is 0. The molecule has 0 spiro atoms. The van der Waals surface area contributed by atoms with E-state index in [0.29, 0.717) is 0 Å². The molecule has 0 unspecified atom stereocenters. The van der Waals surface area contributed by atoms with Crippen LogP contribution in [0.5, 0.6) is 5.75 Å². The Labute approximate surface area is 88.5 Å². The lowest BCUT2D eigenvalue weighted by Gasteiger charge is -2.03. The quantitative estimate of drug-likeness (QED) is 0.731. The van der Waals surface area contributed by atoms with Gasteiger partial charge in [-0.2, -0.15) is 0 Å². The van der Waals surface area contributed by atoms with Crippen LogP contribution in [0.3, 0.4) is 0 Å². The van der Waals surface area contributed by atoms with E-state index in [1.807, 2.05) is 24.3 Å². The molecule has 1 aromatic rings. The van der Waals surface area contributed by atoms with Crippen LogP contribution in [-0.2, 0) is 0 Å². The molecule has 0 fully saturated rings. The van der Waals surface area contributed by atoms with E-state index in [-0.39, 0.29) is 11.5 Å². The molecule has 0 aromatic heterocycles. The summed E-state index contributed by atoms with van der Waals surface area (Å²) in [5.41, 5.74) is 2.18. The zero-order valence-electron chi connectivity index (χ0n) is 8.22. The number of hydrogen-bond acceptors (Lipinski definition) is 2. The Hall–Kier alpha value is -1.96. The molecule has 15 heavy (non-hydrogen) atoms. The Bertz CT molecular complexity index is 436. The largest absolute Gasteiger partial charge is 0.508 e. The first kappa shape index (κ1) is 9.59. The highest BCUT2D eigenvalue weighted by molar-refractivity contribution is 5.69. The Morgan fingerprint density at radius 1 is 0.933 bits per heavy atom. The molecule has 0 amide bonds. The summed E-state index contributed by atoms with van der Waals surface area (Å²) < 4.78 is 0. The molecule has 2 nitrogen and oxygen atoms in total. The molecular formula is C13H12O2. The first-order chi connectivity index (χ1) is 7.25. The summed E-state index contributed by atoms with van der Waals surface area (Å²) in [6, 6.07) is 7.05. The Balaban J connectivity index is 2.32. The van der Waals surface area contributed by atoms with Crippen molar-refractivity contribution in [2.24, 2.45) is 0 Å². The summed E-state index contributed by atoms with van der Waals surface area (Å²) in [5, 5.41) is 18.5. The molecule has 1 aliphatic rings. The van der Waals surface area contributed by atoms with Crippen LogP contribution in [0.1, 0.15) is 12.0 Å². The van der Waals surface area contributed by atoms with E-state index in [9.17, 15) is 5.11 Å². The first-order valence-corrected chi connectivity index (χ1v) is 4.81. The van der Waals surface area contributed by atoms with Crippen molar-refractivity contribution in [1.29, 1.82) is 0 Å². The van der Waals surface area contributed by atoms with Crippen LogP contribution in [-0.4, -0.2) is 10.2 Å². The first-order valence-electron chi connectivity index (χ1n) is 4.81. The number of aliphatic hydroxyl groups excluding tert-OH is 1. The lowest BCUT2D eigenvalue weighted by Crippen LogP contribution is -1.81. The minimum atomic E-state index is 0.266. The number of phenols is 1. The number of phenolic OH excluding ortho intramolecular Hbond substituents is 1. The zero-order chi connectivity index (χ0) is 10.7. The van der Waals surface area contributed by atoms with Gasteiger partial charge in [-0.25, -0.2) is 0 Å². The number of benzene rings is 1. The Morgan fingerprint density at radius 3 is 2.40 bits per heavy atom. The Morgan fingerprint density at radius 2 is 1.67 bits per heavy atom. The van der Waals surface area contributed by atoms with Gasteiger partial charge in [0.15, 0.2) is 0 Å². The van der Waals surface area contributed by atoms with E-state index < -0.39 is 0 Å². The van der Waals surface area contributed by atoms with Crippen LogP contribution in [0.25, 0.3) is 5.57 Å². The molecular weight excluding hydrogens is 188 g/mol. The van der Waals surface area contributed by atoms with Gasteiger partial charge in [0.1, 0.15) is 11.5 Å². The predicted octanol–water partition coefficient (Wildman–Crippen LogP) is 3.18. The van der Waals surface area contributed by atoms with Gasteiger partial charge in [-0.1, -0.05) is 24.3 Å². The van der Waals surface area contributed by atoms with E-state index in [0.717, 1.165) is 17.6 Å². The van der Waals surface area contributed by atoms with Gasteiger partial charge in [-0.3, -0.25) is 0 Å². The zero-order valence-corrected chi connectivity index (χ0v) is 8.22. The molecule has 1 aliphatic carbocycles. The maximum Gasteiger partial charge on any atom is 0.115 e. The van der Waals surface area contributed by atoms with E-state index in [2.05, 4.69) is 0 Å². The van der Waals surface area contributed by atoms with E-state index >= 15 is 0 Å². The fourth-order valence-electron chi connectivity index (χ4n) is 1.51. The van der Waals surface area contributed by atoms with Crippen molar-refractivity contribution in [2.75, 3.05) is 0 Å². The monoisotopic (exact) mass is 200 g/mol. The standard InChI is InChI=1S/C13H12O2/c14-12-3-1-2-10(4-7-12)11-5-8-13(15)9-6-11/h1,3-9,14-15H,2H2. The molecule has 0 atom stereocenters. The summed E-state index contributed by atoms with van der Waals surface area (Å²) in [6.45, 7) is 0. The topological polar surface area (TPSA) is 40.5 Å². The number of rotatable bonds is 1. The second-order valence-electron chi connectivity index (χ2n) is 3.44. The van der Waals surface area contributed by atoms with Crippen LogP contribution in [0, 0.1) is 0 Å². The highest BCUT2D eigenvalue weighted by Crippen LogP contribution is 2.23. The molecule has 0 saturated carbocycles. The maximum atomic E-state index is 9.29. The third-order valence-corrected chi connectivity index (χ3v) is 2.32. The second-order valence-corrected chi connectivity index (χ2v) is 3.44. The van der Waals surface area contributed by atoms with Crippen LogP contribution in [0.15, 0.2) is 54.3 Å². The van der Waals surface area contributed by atoms with Crippen molar-refractivity contribution >= 4 is 5.57 Å². The van der Waals surface area contributed by atoms with Crippen molar-refractivity contribution in [3.8, 4) is 5.75 Å². The van der Waals surface area contributed by atoms with Gasteiger partial charge in [0, 0.05) is 0 Å². The minimum Gasteiger partial charge on any atom is -0.508 e. The van der Waals surface area contributed by atoms with Gasteiger partial charge >= 0.3 is 0 Å². The van der Waals surface area contributed by atoms with Crippen LogP contribution < -0.4 is 0 Å². The van der Waals surface area contributed by atoms with Gasteiger partial charge in [0.25, 0.3) is 0 Å². The number of allylic oxidation sites excluding steroid dienone is 5. The van der Waals surface area contributed by atoms with Crippen LogP contribution >= 0.6 is 0 Å². The van der Waals surface area contributed by atoms with E-state index in [1.165, 1.54) is 0 Å². The number of aliphatic hydroxyl groups is 1. The Kier molecular flexibility index (Phi) is 2.59. The SMILES string of the molecule is OC1=CC=C(c2ccc(O)cc2)CC=C1. The lowest BCUT2D eigenvalue weighted by molar-refractivity contribution is 0.432. The van der Waals surface area contributed by atoms with Crippen molar-refractivity contribution in [3.63, 3.8) is 0 Å². The fourth-order valence-corrected chi connectivity index (χ4v) is 1.51. The summed E-state index contributed by atoms with van der Waals surface area (Å²) >= 11 is 0. The lowest BCUT2D eigenvalue weighted by atomic mass is 10.0. The van der Waals surface area contributed by atoms with Crippen molar-refractivity contribution < 1.29 is 10.2 Å². The molecule has 0 radical (unpaired) electrons. The third kappa shape index (κ3) is 2.29. The van der Waals surface area contributed by atoms with Crippen molar-refractivity contribution in [2.45, 2.75) is 6.42 Å². The molecule has 2 heteroatoms. The van der Waals surface area contributed by atoms with Gasteiger partial charge in [0.2, 0.25) is 0 Å². The molecule has 2 rings (SSSR count). The third-order valence-electron chi connectivity index (χ3n) is 2.32. The van der Waals surface area contributed by atoms with Gasteiger partial charge in [0.05, 0.1) is 0 Å². The molecule has 0 heterocycles. The molecule has 0 bridgehead atoms. The summed E-state index contributed by atoms with van der Waals surface area (Å²) in [5.74, 6) is 0.533. The number of hydrogen-bond donors (Lipinski definition) is 2. The van der Waals surface area contributed by atoms with Crippen LogP contribution in [0.2, 0.25) is 0 Å². The fraction of sp³-hybridized carbons (Fsp3) is 0.0769. The highest BCUT2D eigenvalue weighted by Gasteiger charge is 2.01. The summed E-state index contributed by atoms with van der Waals surface area (Å²) in [6.07, 6.45) is 7.94. The van der Waals surface area contributed by atoms with E-state index in [1.54, 1.807) is 24.3 Å².